The first-order valence-corrected chi connectivity index (χ1v) is 13.4. The summed E-state index contributed by atoms with van der Waals surface area (Å²) in [5.41, 5.74) is 3.10. The van der Waals surface area contributed by atoms with Crippen LogP contribution < -0.4 is 10.5 Å². The zero-order valence-corrected chi connectivity index (χ0v) is 22.3. The van der Waals surface area contributed by atoms with Crippen molar-refractivity contribution in [1.29, 1.82) is 0 Å². The van der Waals surface area contributed by atoms with Crippen LogP contribution in [-0.2, 0) is 11.3 Å². The lowest BCUT2D eigenvalue weighted by Gasteiger charge is -2.36. The highest BCUT2D eigenvalue weighted by molar-refractivity contribution is 8.26. The number of fused-ring (bicyclic) bond motifs is 1. The van der Waals surface area contributed by atoms with E-state index in [1.165, 1.54) is 17.3 Å². The minimum atomic E-state index is -0.180. The van der Waals surface area contributed by atoms with Crippen molar-refractivity contribution in [2.45, 2.75) is 33.4 Å². The van der Waals surface area contributed by atoms with Crippen LogP contribution in [0.5, 0.6) is 0 Å². The molecule has 186 valence electrons. The van der Waals surface area contributed by atoms with Crippen LogP contribution in [0.3, 0.4) is 0 Å². The first-order chi connectivity index (χ1) is 17.3. The number of thiocarbonyl (C=S) groups is 1. The van der Waals surface area contributed by atoms with Crippen LogP contribution in [0.15, 0.2) is 58.4 Å². The van der Waals surface area contributed by atoms with Crippen molar-refractivity contribution in [3.8, 4) is 0 Å². The number of aromatic nitrogens is 2. The molecule has 0 bridgehead atoms. The summed E-state index contributed by atoms with van der Waals surface area (Å²) < 4.78 is 2.08. The van der Waals surface area contributed by atoms with Gasteiger partial charge in [-0.2, -0.15) is 0 Å². The van der Waals surface area contributed by atoms with Crippen LogP contribution in [0.1, 0.15) is 30.5 Å². The third-order valence-electron chi connectivity index (χ3n) is 6.52. The molecule has 1 aromatic carbocycles. The Balaban J connectivity index is 1.50. The number of carbonyl (C=O) groups is 1. The van der Waals surface area contributed by atoms with Gasteiger partial charge in [0.15, 0.2) is 0 Å². The van der Waals surface area contributed by atoms with Crippen molar-refractivity contribution in [2.75, 3.05) is 31.1 Å². The normalized spacial score (nSPS) is 18.3. The molecule has 0 radical (unpaired) electrons. The minimum Gasteiger partial charge on any atom is -0.353 e. The summed E-state index contributed by atoms with van der Waals surface area (Å²) in [7, 11) is 0. The van der Waals surface area contributed by atoms with Crippen LogP contribution in [0.4, 0.5) is 5.82 Å². The van der Waals surface area contributed by atoms with Gasteiger partial charge in [0.1, 0.15) is 15.8 Å². The molecule has 0 saturated carbocycles. The zero-order chi connectivity index (χ0) is 25.4. The molecule has 9 heteroatoms. The fraction of sp³-hybridized carbons (Fsp3) is 0.333. The van der Waals surface area contributed by atoms with E-state index in [4.69, 9.17) is 17.2 Å². The van der Waals surface area contributed by atoms with Crippen LogP contribution in [0.2, 0.25) is 0 Å². The molecule has 2 aliphatic rings. The molecule has 2 aliphatic heterocycles. The van der Waals surface area contributed by atoms with E-state index in [0.717, 1.165) is 38.3 Å². The zero-order valence-electron chi connectivity index (χ0n) is 20.7. The number of carbonyl (C=O) groups excluding carboxylic acids is 1. The van der Waals surface area contributed by atoms with Gasteiger partial charge in [-0.05, 0) is 44.0 Å². The Hall–Kier alpha value is -3.01. The molecule has 1 amide bonds. The Morgan fingerprint density at radius 3 is 2.44 bits per heavy atom. The van der Waals surface area contributed by atoms with Crippen molar-refractivity contribution in [3.63, 3.8) is 0 Å². The number of aryl methyl sites for hydroxylation is 1. The first kappa shape index (κ1) is 24.7. The number of amides is 1. The molecular formula is C27H29N5O2S2. The predicted octanol–water partition coefficient (Wildman–Crippen LogP) is 3.93. The Bertz CT molecular complexity index is 1410. The summed E-state index contributed by atoms with van der Waals surface area (Å²) in [5.74, 6) is 0.463. The standard InChI is InChI=1S/C27H29N5O2S2/c1-18(2)32-26(34)22(36-27(32)35)15-21-24(28-23-10-9-19(3)16-31(23)25(21)33)30-13-11-29(12-14-30)17-20-7-5-4-6-8-20/h4-10,15-16,18H,11-14,17H2,1-3H3. The largest absolute Gasteiger partial charge is 0.353 e. The third kappa shape index (κ3) is 4.83. The SMILES string of the molecule is Cc1ccc2nc(N3CCN(Cc4ccccc4)CC3)c(C=C3SC(=S)N(C(C)C)C3=O)c(=O)n2c1. The predicted molar refractivity (Wildman–Crippen MR) is 150 cm³/mol. The fourth-order valence-corrected chi connectivity index (χ4v) is 6.14. The smallest absolute Gasteiger partial charge is 0.267 e. The highest BCUT2D eigenvalue weighted by atomic mass is 32.2. The molecule has 7 nitrogen and oxygen atoms in total. The summed E-state index contributed by atoms with van der Waals surface area (Å²) in [5, 5.41) is 0. The molecule has 0 unspecified atom stereocenters. The number of rotatable bonds is 5. The summed E-state index contributed by atoms with van der Waals surface area (Å²) in [6.45, 7) is 9.92. The molecule has 2 aromatic heterocycles. The van der Waals surface area contributed by atoms with E-state index in [0.29, 0.717) is 26.3 Å². The molecular weight excluding hydrogens is 490 g/mol. The van der Waals surface area contributed by atoms with Crippen LogP contribution >= 0.6 is 24.0 Å². The van der Waals surface area contributed by atoms with Crippen molar-refractivity contribution < 1.29 is 4.79 Å². The van der Waals surface area contributed by atoms with Gasteiger partial charge in [0.2, 0.25) is 0 Å². The minimum absolute atomic E-state index is 0.0426. The summed E-state index contributed by atoms with van der Waals surface area (Å²) in [4.78, 5) is 38.4. The average Bonchev–Trinajstić information content (AvgIpc) is 3.15. The third-order valence-corrected chi connectivity index (χ3v) is 7.85. The molecule has 3 aromatic rings. The summed E-state index contributed by atoms with van der Waals surface area (Å²) in [6.07, 6.45) is 3.49. The fourth-order valence-electron chi connectivity index (χ4n) is 4.63. The van der Waals surface area contributed by atoms with Crippen LogP contribution in [0, 0.1) is 6.92 Å². The molecule has 5 rings (SSSR count). The number of pyridine rings is 1. The number of nitrogens with zero attached hydrogens (tertiary/aromatic N) is 5. The van der Waals surface area contributed by atoms with E-state index in [1.54, 1.807) is 21.6 Å². The van der Waals surface area contributed by atoms with Crippen molar-refractivity contribution in [2.24, 2.45) is 0 Å². The van der Waals surface area contributed by atoms with E-state index < -0.39 is 0 Å². The second-order valence-corrected chi connectivity index (χ2v) is 11.2. The molecule has 2 saturated heterocycles. The van der Waals surface area contributed by atoms with Gasteiger partial charge in [0, 0.05) is 45.0 Å². The Morgan fingerprint density at radius 2 is 1.78 bits per heavy atom. The second-order valence-electron chi connectivity index (χ2n) is 9.48. The molecule has 36 heavy (non-hydrogen) atoms. The summed E-state index contributed by atoms with van der Waals surface area (Å²) in [6, 6.07) is 14.2. The lowest BCUT2D eigenvalue weighted by atomic mass is 10.1. The lowest BCUT2D eigenvalue weighted by Crippen LogP contribution is -2.47. The van der Waals surface area contributed by atoms with Gasteiger partial charge in [-0.3, -0.25) is 23.8 Å². The Labute approximate surface area is 220 Å². The number of thioether (sulfide) groups is 1. The van der Waals surface area contributed by atoms with E-state index >= 15 is 0 Å². The van der Waals surface area contributed by atoms with Crippen molar-refractivity contribution in [3.05, 3.63) is 80.6 Å². The molecule has 0 aliphatic carbocycles. The Kier molecular flexibility index (Phi) is 6.96. The van der Waals surface area contributed by atoms with Crippen LogP contribution in [0.25, 0.3) is 11.7 Å². The molecule has 2 fully saturated rings. The van der Waals surface area contributed by atoms with Crippen molar-refractivity contribution >= 4 is 51.7 Å². The number of piperazine rings is 1. The topological polar surface area (TPSA) is 61.2 Å². The highest BCUT2D eigenvalue weighted by Gasteiger charge is 2.34. The number of benzene rings is 1. The maximum absolute atomic E-state index is 13.7. The molecule has 0 N–H and O–H groups in total. The van der Waals surface area contributed by atoms with Gasteiger partial charge in [-0.15, -0.1) is 0 Å². The Morgan fingerprint density at radius 1 is 1.06 bits per heavy atom. The van der Waals surface area contributed by atoms with E-state index in [-0.39, 0.29) is 17.5 Å². The maximum atomic E-state index is 13.7. The van der Waals surface area contributed by atoms with Gasteiger partial charge in [-0.1, -0.05) is 60.4 Å². The van der Waals surface area contributed by atoms with E-state index in [1.807, 2.05) is 39.0 Å². The van der Waals surface area contributed by atoms with Crippen molar-refractivity contribution in [1.82, 2.24) is 19.2 Å². The maximum Gasteiger partial charge on any atom is 0.267 e. The number of anilines is 1. The lowest BCUT2D eigenvalue weighted by molar-refractivity contribution is -0.123. The molecule has 4 heterocycles. The van der Waals surface area contributed by atoms with Gasteiger partial charge in [-0.25, -0.2) is 4.98 Å². The average molecular weight is 520 g/mol. The van der Waals surface area contributed by atoms with E-state index in [2.05, 4.69) is 34.1 Å². The molecule has 0 spiro atoms. The van der Waals surface area contributed by atoms with Gasteiger partial charge in [0.25, 0.3) is 11.5 Å². The first-order valence-electron chi connectivity index (χ1n) is 12.1. The summed E-state index contributed by atoms with van der Waals surface area (Å²) >= 11 is 6.70. The number of hydrogen-bond acceptors (Lipinski definition) is 7. The van der Waals surface area contributed by atoms with Gasteiger partial charge in [0.05, 0.1) is 10.5 Å². The van der Waals surface area contributed by atoms with Crippen LogP contribution in [-0.4, -0.2) is 61.6 Å². The highest BCUT2D eigenvalue weighted by Crippen LogP contribution is 2.34. The monoisotopic (exact) mass is 519 g/mol. The quantitative estimate of drug-likeness (QED) is 0.374. The van der Waals surface area contributed by atoms with E-state index in [9.17, 15) is 9.59 Å². The van der Waals surface area contributed by atoms with Gasteiger partial charge >= 0.3 is 0 Å². The number of hydrogen-bond donors (Lipinski definition) is 0. The second kappa shape index (κ2) is 10.2. The van der Waals surface area contributed by atoms with Gasteiger partial charge < -0.3 is 4.90 Å². The molecule has 0 atom stereocenters.